The first kappa shape index (κ1) is 17.5. The minimum absolute atomic E-state index is 0.0766. The van der Waals surface area contributed by atoms with Crippen molar-refractivity contribution in [3.63, 3.8) is 0 Å². The van der Waals surface area contributed by atoms with Crippen LogP contribution in [0.5, 0.6) is 0 Å². The third kappa shape index (κ3) is 3.05. The zero-order valence-electron chi connectivity index (χ0n) is 14.9. The number of urea groups is 2. The Morgan fingerprint density at radius 1 is 1.19 bits per heavy atom. The van der Waals surface area contributed by atoms with Crippen molar-refractivity contribution in [2.24, 2.45) is 0 Å². The second kappa shape index (κ2) is 6.68. The van der Waals surface area contributed by atoms with Crippen molar-refractivity contribution in [1.82, 2.24) is 20.9 Å². The van der Waals surface area contributed by atoms with E-state index < -0.39 is 36.0 Å². The number of fused-ring (bicyclic) bond motifs is 2. The van der Waals surface area contributed by atoms with E-state index in [4.69, 9.17) is 0 Å². The lowest BCUT2D eigenvalue weighted by atomic mass is 9.92. The minimum Gasteiger partial charge on any atom is -0.335 e. The normalized spacial score (nSPS) is 24.2. The highest BCUT2D eigenvalue weighted by atomic mass is 16.2. The number of rotatable bonds is 3. The Morgan fingerprint density at radius 2 is 1.93 bits per heavy atom. The van der Waals surface area contributed by atoms with Gasteiger partial charge in [-0.15, -0.1) is 0 Å². The predicted octanol–water partition coefficient (Wildman–Crippen LogP) is 1.15. The lowest BCUT2D eigenvalue weighted by molar-refractivity contribution is -0.135. The van der Waals surface area contributed by atoms with Crippen molar-refractivity contribution in [2.75, 3.05) is 6.54 Å². The Morgan fingerprint density at radius 3 is 2.70 bits per heavy atom. The third-order valence-electron chi connectivity index (χ3n) is 5.67. The molecule has 0 aromatic heterocycles. The van der Waals surface area contributed by atoms with Crippen LogP contribution in [-0.4, -0.2) is 41.4 Å². The van der Waals surface area contributed by atoms with Crippen LogP contribution < -0.4 is 16.0 Å². The number of nitrogens with one attached hydrogen (secondary N) is 3. The summed E-state index contributed by atoms with van der Waals surface area (Å²) in [5, 5.41) is 7.71. The first-order valence-electron chi connectivity index (χ1n) is 9.32. The summed E-state index contributed by atoms with van der Waals surface area (Å²) < 4.78 is 0. The predicted molar refractivity (Wildman–Crippen MR) is 95.6 cm³/mol. The van der Waals surface area contributed by atoms with Crippen LogP contribution in [0.3, 0.4) is 0 Å². The van der Waals surface area contributed by atoms with E-state index in [1.165, 1.54) is 0 Å². The highest BCUT2D eigenvalue weighted by molar-refractivity contribution is 6.10. The van der Waals surface area contributed by atoms with E-state index in [0.717, 1.165) is 41.7 Å². The van der Waals surface area contributed by atoms with E-state index in [0.29, 0.717) is 12.8 Å². The van der Waals surface area contributed by atoms with Gasteiger partial charge < -0.3 is 10.6 Å². The number of imide groups is 2. The van der Waals surface area contributed by atoms with Crippen LogP contribution in [0, 0.1) is 0 Å². The van der Waals surface area contributed by atoms with E-state index in [-0.39, 0.29) is 6.04 Å². The Hall–Kier alpha value is -2.90. The van der Waals surface area contributed by atoms with Crippen molar-refractivity contribution >= 4 is 23.9 Å². The van der Waals surface area contributed by atoms with Gasteiger partial charge in [0.1, 0.15) is 12.1 Å². The maximum atomic E-state index is 13.0. The van der Waals surface area contributed by atoms with Gasteiger partial charge in [0.15, 0.2) is 0 Å². The number of carbonyl (C=O) groups excluding carboxylic acids is 4. The fourth-order valence-electron chi connectivity index (χ4n) is 4.33. The van der Waals surface area contributed by atoms with Crippen LogP contribution in [0.25, 0.3) is 0 Å². The molecule has 4 rings (SSSR count). The van der Waals surface area contributed by atoms with Gasteiger partial charge in [0.25, 0.3) is 5.91 Å². The lowest BCUT2D eigenvalue weighted by Crippen LogP contribution is -2.48. The molecule has 1 heterocycles. The average Bonchev–Trinajstić information content (AvgIpc) is 3.32. The molecule has 3 aliphatic rings. The fraction of sp³-hybridized carbons (Fsp3) is 0.474. The monoisotopic (exact) mass is 370 g/mol. The Bertz CT molecular complexity index is 818. The van der Waals surface area contributed by atoms with Crippen molar-refractivity contribution in [3.8, 4) is 0 Å². The van der Waals surface area contributed by atoms with Gasteiger partial charge in [-0.05, 0) is 36.8 Å². The van der Waals surface area contributed by atoms with E-state index in [9.17, 15) is 19.2 Å². The molecule has 142 valence electrons. The van der Waals surface area contributed by atoms with E-state index in [1.54, 1.807) is 0 Å². The number of hydrogen-bond donors (Lipinski definition) is 3. The van der Waals surface area contributed by atoms with Crippen LogP contribution in [0.15, 0.2) is 24.3 Å². The molecule has 27 heavy (non-hydrogen) atoms. The standard InChI is InChI=1S/C19H22N4O4/c24-15(21-17(26)20-13-6-2-3-7-13)11-23-16(25)19(22-18(23)27)10-9-12-5-1-4-8-14(12)19/h1,4-5,8,13H,2-3,6-7,9-11H2,(H,22,27)(H2,20,21,24,26). The van der Waals surface area contributed by atoms with Gasteiger partial charge in [0, 0.05) is 6.04 Å². The van der Waals surface area contributed by atoms with Gasteiger partial charge in [-0.1, -0.05) is 37.1 Å². The Kier molecular flexibility index (Phi) is 4.33. The number of carbonyl (C=O) groups is 4. The molecular formula is C19H22N4O4. The smallest absolute Gasteiger partial charge is 0.325 e. The quantitative estimate of drug-likeness (QED) is 0.694. The molecule has 0 radical (unpaired) electrons. The molecule has 1 spiro atoms. The molecule has 0 bridgehead atoms. The summed E-state index contributed by atoms with van der Waals surface area (Å²) in [5.74, 6) is -1.12. The number of nitrogens with zero attached hydrogens (tertiary/aromatic N) is 1. The van der Waals surface area contributed by atoms with Crippen LogP contribution in [0.1, 0.15) is 43.2 Å². The van der Waals surface area contributed by atoms with Gasteiger partial charge in [-0.2, -0.15) is 0 Å². The molecule has 1 atom stereocenters. The maximum absolute atomic E-state index is 13.0. The maximum Gasteiger partial charge on any atom is 0.325 e. The Balaban J connectivity index is 1.41. The molecule has 6 amide bonds. The molecule has 2 fully saturated rings. The van der Waals surface area contributed by atoms with Crippen LogP contribution >= 0.6 is 0 Å². The molecule has 8 heteroatoms. The first-order chi connectivity index (χ1) is 13.0. The van der Waals surface area contributed by atoms with Crippen molar-refractivity contribution in [2.45, 2.75) is 50.1 Å². The molecule has 1 aromatic carbocycles. The zero-order chi connectivity index (χ0) is 19.0. The summed E-state index contributed by atoms with van der Waals surface area (Å²) in [7, 11) is 0. The molecule has 1 saturated heterocycles. The second-order valence-electron chi connectivity index (χ2n) is 7.39. The summed E-state index contributed by atoms with van der Waals surface area (Å²) in [6.45, 7) is -0.479. The van der Waals surface area contributed by atoms with Crippen LogP contribution in [-0.2, 0) is 21.5 Å². The first-order valence-corrected chi connectivity index (χ1v) is 9.32. The number of amides is 6. The molecular weight excluding hydrogens is 348 g/mol. The van der Waals surface area contributed by atoms with E-state index in [1.807, 2.05) is 24.3 Å². The topological polar surface area (TPSA) is 108 Å². The van der Waals surface area contributed by atoms with E-state index in [2.05, 4.69) is 16.0 Å². The van der Waals surface area contributed by atoms with Crippen molar-refractivity contribution in [1.29, 1.82) is 0 Å². The largest absolute Gasteiger partial charge is 0.335 e. The third-order valence-corrected chi connectivity index (χ3v) is 5.67. The van der Waals surface area contributed by atoms with Gasteiger partial charge in [-0.25, -0.2) is 9.59 Å². The average molecular weight is 370 g/mol. The molecule has 1 aliphatic heterocycles. The summed E-state index contributed by atoms with van der Waals surface area (Å²) >= 11 is 0. The highest BCUT2D eigenvalue weighted by Crippen LogP contribution is 2.41. The zero-order valence-corrected chi connectivity index (χ0v) is 14.9. The molecule has 1 saturated carbocycles. The SMILES string of the molecule is O=C(CN1C(=O)NC2(CCc3ccccc32)C1=O)NC(=O)NC1CCCC1. The van der Waals surface area contributed by atoms with Crippen LogP contribution in [0.2, 0.25) is 0 Å². The highest BCUT2D eigenvalue weighted by Gasteiger charge is 2.55. The van der Waals surface area contributed by atoms with Gasteiger partial charge in [-0.3, -0.25) is 19.8 Å². The minimum atomic E-state index is -1.10. The lowest BCUT2D eigenvalue weighted by Gasteiger charge is -2.22. The summed E-state index contributed by atoms with van der Waals surface area (Å²) in [4.78, 5) is 50.3. The fourth-order valence-corrected chi connectivity index (χ4v) is 4.33. The molecule has 1 unspecified atom stereocenters. The van der Waals surface area contributed by atoms with Gasteiger partial charge >= 0.3 is 12.1 Å². The van der Waals surface area contributed by atoms with Crippen LogP contribution in [0.4, 0.5) is 9.59 Å². The molecule has 8 nitrogen and oxygen atoms in total. The molecule has 1 aromatic rings. The number of benzene rings is 1. The summed E-state index contributed by atoms with van der Waals surface area (Å²) in [6.07, 6.45) is 5.08. The number of aryl methyl sites for hydroxylation is 1. The Labute approximate surface area is 156 Å². The van der Waals surface area contributed by atoms with Gasteiger partial charge in [0.2, 0.25) is 5.91 Å². The van der Waals surface area contributed by atoms with E-state index >= 15 is 0 Å². The summed E-state index contributed by atoms with van der Waals surface area (Å²) in [5.41, 5.74) is 0.707. The van der Waals surface area contributed by atoms with Gasteiger partial charge in [0.05, 0.1) is 0 Å². The summed E-state index contributed by atoms with van der Waals surface area (Å²) in [6, 6.07) is 6.38. The van der Waals surface area contributed by atoms with Crippen molar-refractivity contribution < 1.29 is 19.2 Å². The van der Waals surface area contributed by atoms with Crippen molar-refractivity contribution in [3.05, 3.63) is 35.4 Å². The second-order valence-corrected chi connectivity index (χ2v) is 7.39. The number of hydrogen-bond acceptors (Lipinski definition) is 4. The molecule has 3 N–H and O–H groups in total. The molecule has 2 aliphatic carbocycles.